The Bertz CT molecular complexity index is 133. The number of nitrogens with zero attached hydrogens (tertiary/aromatic N) is 2. The molecule has 0 aliphatic heterocycles. The van der Waals surface area contributed by atoms with Crippen molar-refractivity contribution in [3.05, 3.63) is 0 Å². The summed E-state index contributed by atoms with van der Waals surface area (Å²) in [5.74, 6) is 0. The first kappa shape index (κ1) is 16.1. The van der Waals surface area contributed by atoms with Crippen LogP contribution in [0.4, 0.5) is 0 Å². The zero-order valence-electron chi connectivity index (χ0n) is 12.1. The van der Waals surface area contributed by atoms with E-state index in [-0.39, 0.29) is 9.52 Å². The third-order valence-corrected chi connectivity index (χ3v) is 4.74. The normalized spacial score (nSPS) is 12.8. The van der Waals surface area contributed by atoms with Gasteiger partial charge in [0.05, 0.1) is 6.17 Å². The van der Waals surface area contributed by atoms with Crippen molar-refractivity contribution in [2.45, 2.75) is 59.3 Å². The van der Waals surface area contributed by atoms with Crippen LogP contribution in [0.2, 0.25) is 12.6 Å². The molecule has 0 N–H and O–H groups in total. The van der Waals surface area contributed by atoms with E-state index in [1.807, 2.05) is 0 Å². The topological polar surface area (TPSA) is 6.48 Å². The molecule has 0 unspecified atom stereocenters. The first-order valence-corrected chi connectivity index (χ1v) is 9.64. The molecule has 0 fully saturated rings. The summed E-state index contributed by atoms with van der Waals surface area (Å²) in [7, 11) is 0.260. The molecule has 2 nitrogen and oxygen atoms in total. The smallest absolute Gasteiger partial charge is 0.0621 e. The molecular weight excluding hydrogens is 212 g/mol. The highest BCUT2D eigenvalue weighted by Gasteiger charge is 2.20. The van der Waals surface area contributed by atoms with Crippen LogP contribution in [0, 0.1) is 0 Å². The maximum absolute atomic E-state index is 2.62. The highest BCUT2D eigenvalue weighted by molar-refractivity contribution is 6.33. The molecule has 0 heterocycles. The zero-order chi connectivity index (χ0) is 12.4. The summed E-state index contributed by atoms with van der Waals surface area (Å²) < 4.78 is 0. The lowest BCUT2D eigenvalue weighted by atomic mass is 10.2. The van der Waals surface area contributed by atoms with E-state index in [9.17, 15) is 0 Å². The van der Waals surface area contributed by atoms with Crippen LogP contribution in [0.1, 0.15) is 40.5 Å². The van der Waals surface area contributed by atoms with E-state index in [1.165, 1.54) is 45.1 Å². The fourth-order valence-electron chi connectivity index (χ4n) is 2.46. The SMILES string of the molecule is CCN(CC)C(CCC[SiH2]C)N(CC)CC. The van der Waals surface area contributed by atoms with E-state index in [0.717, 1.165) is 0 Å². The second kappa shape index (κ2) is 10.3. The van der Waals surface area contributed by atoms with Crippen LogP contribution in [0.5, 0.6) is 0 Å². The Morgan fingerprint density at radius 2 is 1.31 bits per heavy atom. The highest BCUT2D eigenvalue weighted by atomic mass is 28.2. The van der Waals surface area contributed by atoms with Gasteiger partial charge in [-0.3, -0.25) is 9.80 Å². The second-order valence-corrected chi connectivity index (χ2v) is 6.13. The van der Waals surface area contributed by atoms with E-state index in [2.05, 4.69) is 44.0 Å². The predicted molar refractivity (Wildman–Crippen MR) is 78.1 cm³/mol. The van der Waals surface area contributed by atoms with Gasteiger partial charge in [-0.05, 0) is 32.6 Å². The molecule has 0 aliphatic rings. The third kappa shape index (κ3) is 5.46. The van der Waals surface area contributed by atoms with Crippen LogP contribution >= 0.6 is 0 Å². The molecule has 0 aliphatic carbocycles. The van der Waals surface area contributed by atoms with Gasteiger partial charge in [0.15, 0.2) is 0 Å². The van der Waals surface area contributed by atoms with Crippen molar-refractivity contribution in [2.75, 3.05) is 26.2 Å². The van der Waals surface area contributed by atoms with Crippen LogP contribution in [0.25, 0.3) is 0 Å². The van der Waals surface area contributed by atoms with Crippen LogP contribution in [0.3, 0.4) is 0 Å². The summed E-state index contributed by atoms with van der Waals surface area (Å²) in [5.41, 5.74) is 0. The molecule has 0 aromatic carbocycles. The van der Waals surface area contributed by atoms with Crippen LogP contribution in [-0.2, 0) is 0 Å². The van der Waals surface area contributed by atoms with E-state index in [4.69, 9.17) is 0 Å². The molecule has 0 aromatic heterocycles. The van der Waals surface area contributed by atoms with Crippen LogP contribution in [-0.4, -0.2) is 51.7 Å². The van der Waals surface area contributed by atoms with E-state index in [0.29, 0.717) is 6.17 Å². The number of rotatable bonds is 10. The summed E-state index contributed by atoms with van der Waals surface area (Å²) >= 11 is 0. The van der Waals surface area contributed by atoms with Crippen molar-refractivity contribution in [2.24, 2.45) is 0 Å². The monoisotopic (exact) mass is 244 g/mol. The van der Waals surface area contributed by atoms with Crippen molar-refractivity contribution in [3.8, 4) is 0 Å². The van der Waals surface area contributed by atoms with Gasteiger partial charge in [-0.2, -0.15) is 0 Å². The molecule has 0 atom stereocenters. The van der Waals surface area contributed by atoms with Crippen molar-refractivity contribution >= 4 is 9.52 Å². The molecule has 16 heavy (non-hydrogen) atoms. The molecule has 0 saturated heterocycles. The predicted octanol–water partition coefficient (Wildman–Crippen LogP) is 2.41. The minimum Gasteiger partial charge on any atom is -0.288 e. The summed E-state index contributed by atoms with van der Waals surface area (Å²) in [6, 6.07) is 1.51. The van der Waals surface area contributed by atoms with E-state index >= 15 is 0 Å². The van der Waals surface area contributed by atoms with E-state index in [1.54, 1.807) is 0 Å². The molecular formula is C13H32N2Si. The van der Waals surface area contributed by atoms with Gasteiger partial charge >= 0.3 is 0 Å². The Morgan fingerprint density at radius 1 is 0.875 bits per heavy atom. The number of hydrogen-bond acceptors (Lipinski definition) is 2. The lowest BCUT2D eigenvalue weighted by Crippen LogP contribution is -2.48. The van der Waals surface area contributed by atoms with E-state index < -0.39 is 0 Å². The molecule has 0 radical (unpaired) electrons. The largest absolute Gasteiger partial charge is 0.288 e. The van der Waals surface area contributed by atoms with Crippen molar-refractivity contribution in [1.82, 2.24) is 9.80 Å². The Balaban J connectivity index is 4.34. The Morgan fingerprint density at radius 3 is 1.62 bits per heavy atom. The molecule has 0 spiro atoms. The Kier molecular flexibility index (Phi) is 10.4. The Labute approximate surface area is 105 Å². The van der Waals surface area contributed by atoms with Crippen molar-refractivity contribution in [1.29, 1.82) is 0 Å². The first-order valence-electron chi connectivity index (χ1n) is 7.23. The minimum absolute atomic E-state index is 0.260. The summed E-state index contributed by atoms with van der Waals surface area (Å²) in [4.78, 5) is 5.23. The third-order valence-electron chi connectivity index (χ3n) is 3.53. The van der Waals surface area contributed by atoms with Crippen molar-refractivity contribution < 1.29 is 0 Å². The van der Waals surface area contributed by atoms with Gasteiger partial charge < -0.3 is 0 Å². The zero-order valence-corrected chi connectivity index (χ0v) is 13.5. The van der Waals surface area contributed by atoms with Gasteiger partial charge in [0, 0.05) is 9.52 Å². The van der Waals surface area contributed by atoms with Crippen LogP contribution in [0.15, 0.2) is 0 Å². The fraction of sp³-hybridized carbons (Fsp3) is 1.00. The molecule has 3 heteroatoms. The minimum atomic E-state index is 0.260. The van der Waals surface area contributed by atoms with Crippen LogP contribution < -0.4 is 0 Å². The lowest BCUT2D eigenvalue weighted by Gasteiger charge is -2.38. The van der Waals surface area contributed by atoms with Crippen molar-refractivity contribution in [3.63, 3.8) is 0 Å². The summed E-state index contributed by atoms with van der Waals surface area (Å²) in [6.45, 7) is 16.3. The maximum atomic E-state index is 2.62. The summed E-state index contributed by atoms with van der Waals surface area (Å²) in [5, 5.41) is 0. The maximum Gasteiger partial charge on any atom is 0.0621 e. The molecule has 0 aromatic rings. The highest BCUT2D eigenvalue weighted by Crippen LogP contribution is 2.13. The molecule has 0 bridgehead atoms. The first-order chi connectivity index (χ1) is 7.74. The molecule has 0 rings (SSSR count). The average molecular weight is 244 g/mol. The van der Waals surface area contributed by atoms with Gasteiger partial charge in [-0.25, -0.2) is 0 Å². The second-order valence-electron chi connectivity index (χ2n) is 4.42. The average Bonchev–Trinajstić information content (AvgIpc) is 2.31. The lowest BCUT2D eigenvalue weighted by molar-refractivity contribution is 0.0497. The molecule has 0 amide bonds. The standard InChI is InChI=1S/C13H32N2Si/c1-6-14(7-2)13(11-10-12-16-5)15(8-3)9-4/h13H,6-12,16H2,1-5H3. The van der Waals surface area contributed by atoms with Gasteiger partial charge in [-0.15, -0.1) is 0 Å². The number of hydrogen-bond donors (Lipinski definition) is 0. The van der Waals surface area contributed by atoms with Gasteiger partial charge in [0.1, 0.15) is 0 Å². The fourth-order valence-corrected chi connectivity index (χ4v) is 3.25. The van der Waals surface area contributed by atoms with Gasteiger partial charge in [0.25, 0.3) is 0 Å². The Hall–Kier alpha value is 0.137. The molecule has 0 saturated carbocycles. The van der Waals surface area contributed by atoms with Gasteiger partial charge in [-0.1, -0.05) is 46.7 Å². The quantitative estimate of drug-likeness (QED) is 0.331. The summed E-state index contributed by atoms with van der Waals surface area (Å²) in [6.07, 6.45) is 3.48. The molecule has 98 valence electrons. The van der Waals surface area contributed by atoms with Gasteiger partial charge in [0.2, 0.25) is 0 Å².